The molecule has 8 nitrogen and oxygen atoms in total. The molecule has 0 unspecified atom stereocenters. The van der Waals surface area contributed by atoms with Crippen LogP contribution in [0.4, 0.5) is 5.69 Å². The number of nitrogens with zero attached hydrogens (tertiary/aromatic N) is 2. The fourth-order valence-electron chi connectivity index (χ4n) is 3.70. The Hall–Kier alpha value is -4.43. The van der Waals surface area contributed by atoms with Gasteiger partial charge in [0.2, 0.25) is 0 Å². The highest BCUT2D eigenvalue weighted by molar-refractivity contribution is 6.34. The molecule has 0 radical (unpaired) electrons. The van der Waals surface area contributed by atoms with E-state index in [-0.39, 0.29) is 27.6 Å². The molecule has 0 saturated heterocycles. The van der Waals surface area contributed by atoms with Crippen molar-refractivity contribution >= 4 is 29.2 Å². The lowest BCUT2D eigenvalue weighted by atomic mass is 9.95. The van der Waals surface area contributed by atoms with Gasteiger partial charge in [0.15, 0.2) is 0 Å². The average Bonchev–Trinajstić information content (AvgIpc) is 2.87. The Morgan fingerprint density at radius 2 is 1.60 bits per heavy atom. The Morgan fingerprint density at radius 3 is 2.17 bits per heavy atom. The number of aromatic carboxylic acids is 1. The first-order valence-corrected chi connectivity index (χ1v) is 10.8. The number of carboxylic acids is 1. The highest BCUT2D eigenvalue weighted by atomic mass is 35.5. The van der Waals surface area contributed by atoms with Crippen LogP contribution in [0.15, 0.2) is 77.6 Å². The van der Waals surface area contributed by atoms with Crippen molar-refractivity contribution in [2.75, 3.05) is 12.4 Å². The van der Waals surface area contributed by atoms with Crippen LogP contribution in [0, 0.1) is 0 Å². The van der Waals surface area contributed by atoms with Crippen LogP contribution in [0.2, 0.25) is 5.02 Å². The maximum atomic E-state index is 13.6. The monoisotopic (exact) mass is 489 g/mol. The van der Waals surface area contributed by atoms with Crippen LogP contribution in [0.1, 0.15) is 20.7 Å². The zero-order chi connectivity index (χ0) is 25.1. The van der Waals surface area contributed by atoms with Gasteiger partial charge in [-0.05, 0) is 11.6 Å². The summed E-state index contributed by atoms with van der Waals surface area (Å²) in [5.74, 6) is -1.95. The molecular weight excluding hydrogens is 470 g/mol. The Kier molecular flexibility index (Phi) is 6.66. The summed E-state index contributed by atoms with van der Waals surface area (Å²) in [6.07, 6.45) is 0. The van der Waals surface area contributed by atoms with Gasteiger partial charge in [-0.15, -0.1) is 0 Å². The quantitative estimate of drug-likeness (QED) is 0.405. The molecule has 1 aromatic heterocycles. The van der Waals surface area contributed by atoms with Gasteiger partial charge in [-0.25, -0.2) is 9.48 Å². The molecule has 0 aliphatic carbocycles. The third kappa shape index (κ3) is 4.64. The number of hydrogen-bond donors (Lipinski definition) is 2. The SMILES string of the molecule is COc1cc(NC(=O)c2c(-c3ccccc3)c(-c3ccccc3)nn(C)c2=O)c(Cl)cc1C(=O)O. The lowest BCUT2D eigenvalue weighted by molar-refractivity contribution is 0.0693. The first kappa shape index (κ1) is 23.7. The number of amides is 1. The lowest BCUT2D eigenvalue weighted by Gasteiger charge is -2.17. The number of benzene rings is 3. The topological polar surface area (TPSA) is 111 Å². The number of carbonyl (C=O) groups is 2. The number of halogens is 1. The van der Waals surface area contributed by atoms with Gasteiger partial charge in [-0.1, -0.05) is 72.3 Å². The molecule has 0 fully saturated rings. The minimum absolute atomic E-state index is 0.00749. The second-order valence-electron chi connectivity index (χ2n) is 7.55. The van der Waals surface area contributed by atoms with Crippen molar-refractivity contribution in [3.8, 4) is 28.1 Å². The number of hydrogen-bond acceptors (Lipinski definition) is 5. The first-order chi connectivity index (χ1) is 16.8. The smallest absolute Gasteiger partial charge is 0.339 e. The summed E-state index contributed by atoms with van der Waals surface area (Å²) in [4.78, 5) is 38.3. The third-order valence-electron chi connectivity index (χ3n) is 5.35. The second-order valence-corrected chi connectivity index (χ2v) is 7.96. The number of aryl methyl sites for hydroxylation is 1. The predicted molar refractivity (Wildman–Crippen MR) is 133 cm³/mol. The molecular formula is C26H20ClN3O5. The molecule has 35 heavy (non-hydrogen) atoms. The van der Waals surface area contributed by atoms with Crippen molar-refractivity contribution in [1.29, 1.82) is 0 Å². The summed E-state index contributed by atoms with van der Waals surface area (Å²) in [7, 11) is 2.78. The first-order valence-electron chi connectivity index (χ1n) is 10.5. The van der Waals surface area contributed by atoms with Crippen LogP contribution < -0.4 is 15.6 Å². The number of rotatable bonds is 6. The molecule has 0 aliphatic heterocycles. The van der Waals surface area contributed by atoms with Crippen molar-refractivity contribution in [1.82, 2.24) is 9.78 Å². The van der Waals surface area contributed by atoms with Crippen LogP contribution in [-0.2, 0) is 7.05 Å². The van der Waals surface area contributed by atoms with Gasteiger partial charge in [0, 0.05) is 24.2 Å². The zero-order valence-corrected chi connectivity index (χ0v) is 19.5. The molecule has 176 valence electrons. The number of methoxy groups -OCH3 is 1. The number of aromatic nitrogens is 2. The molecule has 1 heterocycles. The number of nitrogens with one attached hydrogen (secondary N) is 1. The minimum atomic E-state index is -1.23. The van der Waals surface area contributed by atoms with Gasteiger partial charge in [-0.3, -0.25) is 9.59 Å². The normalized spacial score (nSPS) is 10.6. The average molecular weight is 490 g/mol. The summed E-state index contributed by atoms with van der Waals surface area (Å²) in [6, 6.07) is 20.7. The number of anilines is 1. The van der Waals surface area contributed by atoms with Gasteiger partial charge in [-0.2, -0.15) is 5.10 Å². The molecule has 4 rings (SSSR count). The molecule has 0 atom stereocenters. The Morgan fingerprint density at radius 1 is 1.00 bits per heavy atom. The summed E-state index contributed by atoms with van der Waals surface area (Å²) in [6.45, 7) is 0. The zero-order valence-electron chi connectivity index (χ0n) is 18.8. The van der Waals surface area contributed by atoms with Crippen molar-refractivity contribution in [2.24, 2.45) is 7.05 Å². The van der Waals surface area contributed by atoms with Gasteiger partial charge in [0.05, 0.1) is 23.5 Å². The number of carbonyl (C=O) groups excluding carboxylic acids is 1. The van der Waals surface area contributed by atoms with Gasteiger partial charge in [0.1, 0.15) is 16.9 Å². The van der Waals surface area contributed by atoms with E-state index in [4.69, 9.17) is 16.3 Å². The summed E-state index contributed by atoms with van der Waals surface area (Å²) in [5, 5.41) is 16.4. The van der Waals surface area contributed by atoms with E-state index in [1.165, 1.54) is 26.3 Å². The van der Waals surface area contributed by atoms with E-state index in [1.807, 2.05) is 36.4 Å². The van der Waals surface area contributed by atoms with Crippen molar-refractivity contribution in [3.05, 3.63) is 99.3 Å². The highest BCUT2D eigenvalue weighted by Crippen LogP contribution is 2.34. The van der Waals surface area contributed by atoms with E-state index in [0.717, 1.165) is 10.2 Å². The highest BCUT2D eigenvalue weighted by Gasteiger charge is 2.25. The largest absolute Gasteiger partial charge is 0.496 e. The van der Waals surface area contributed by atoms with Crippen molar-refractivity contribution in [2.45, 2.75) is 0 Å². The van der Waals surface area contributed by atoms with Crippen LogP contribution in [-0.4, -0.2) is 33.9 Å². The van der Waals surface area contributed by atoms with E-state index in [2.05, 4.69) is 10.4 Å². The molecule has 9 heteroatoms. The van der Waals surface area contributed by atoms with E-state index in [0.29, 0.717) is 16.8 Å². The predicted octanol–water partition coefficient (Wildman–Crippen LogP) is 4.73. The molecule has 2 N–H and O–H groups in total. The second kappa shape index (κ2) is 9.82. The molecule has 0 aliphatic rings. The van der Waals surface area contributed by atoms with Gasteiger partial charge < -0.3 is 15.2 Å². The van der Waals surface area contributed by atoms with Crippen LogP contribution in [0.5, 0.6) is 5.75 Å². The third-order valence-corrected chi connectivity index (χ3v) is 5.66. The van der Waals surface area contributed by atoms with Crippen molar-refractivity contribution < 1.29 is 19.4 Å². The molecule has 1 amide bonds. The molecule has 0 bridgehead atoms. The molecule has 4 aromatic rings. The summed E-state index contributed by atoms with van der Waals surface area (Å²) in [5.41, 5.74) is 1.37. The number of carboxylic acid groups (broad SMARTS) is 1. The maximum Gasteiger partial charge on any atom is 0.339 e. The van der Waals surface area contributed by atoms with Crippen LogP contribution in [0.3, 0.4) is 0 Å². The number of ether oxygens (including phenoxy) is 1. The Labute approximate surface area is 205 Å². The fourth-order valence-corrected chi connectivity index (χ4v) is 3.91. The summed E-state index contributed by atoms with van der Waals surface area (Å²) >= 11 is 6.26. The Bertz CT molecular complexity index is 1480. The molecule has 0 saturated carbocycles. The maximum absolute atomic E-state index is 13.6. The van der Waals surface area contributed by atoms with E-state index in [1.54, 1.807) is 24.3 Å². The van der Waals surface area contributed by atoms with E-state index >= 15 is 0 Å². The lowest BCUT2D eigenvalue weighted by Crippen LogP contribution is -2.31. The van der Waals surface area contributed by atoms with Crippen molar-refractivity contribution in [3.63, 3.8) is 0 Å². The van der Waals surface area contributed by atoms with Crippen LogP contribution >= 0.6 is 11.6 Å². The van der Waals surface area contributed by atoms with Gasteiger partial charge in [0.25, 0.3) is 11.5 Å². The van der Waals surface area contributed by atoms with Crippen LogP contribution in [0.25, 0.3) is 22.4 Å². The molecule has 3 aromatic carbocycles. The standard InChI is InChI=1S/C26H20ClN3O5/c1-30-25(32)22(24(31)28-19-14-20(35-2)17(26(33)34)13-18(19)27)21(15-9-5-3-6-10-15)23(29-30)16-11-7-4-8-12-16/h3-14H,1-2H3,(H,28,31)(H,33,34). The van der Waals surface area contributed by atoms with E-state index in [9.17, 15) is 19.5 Å². The van der Waals surface area contributed by atoms with E-state index < -0.39 is 17.4 Å². The minimum Gasteiger partial charge on any atom is -0.496 e. The van der Waals surface area contributed by atoms with Gasteiger partial charge >= 0.3 is 5.97 Å². The Balaban J connectivity index is 1.92. The fraction of sp³-hybridized carbons (Fsp3) is 0.0769. The molecule has 0 spiro atoms. The summed E-state index contributed by atoms with van der Waals surface area (Å²) < 4.78 is 6.25.